The van der Waals surface area contributed by atoms with Gasteiger partial charge in [0.2, 0.25) is 10.0 Å². The maximum Gasteiger partial charge on any atom is 0.335 e. The predicted octanol–water partition coefficient (Wildman–Crippen LogP) is 1.33. The van der Waals surface area contributed by atoms with E-state index >= 15 is 0 Å². The SMILES string of the molecule is CN(C1CCOCC1)S(=O)(=O)Cc1ccc(C(=O)O)cc1. The lowest BCUT2D eigenvalue weighted by Gasteiger charge is -2.30. The molecule has 116 valence electrons. The van der Waals surface area contributed by atoms with Crippen LogP contribution in [0, 0.1) is 0 Å². The van der Waals surface area contributed by atoms with Crippen molar-refractivity contribution < 1.29 is 23.1 Å². The molecule has 1 N–H and O–H groups in total. The first-order valence-corrected chi connectivity index (χ1v) is 8.37. The summed E-state index contributed by atoms with van der Waals surface area (Å²) in [6, 6.07) is 5.89. The Morgan fingerprint density at radius 2 is 1.86 bits per heavy atom. The average Bonchev–Trinajstić information content (AvgIpc) is 2.47. The third-order valence-corrected chi connectivity index (χ3v) is 5.57. The monoisotopic (exact) mass is 313 g/mol. The summed E-state index contributed by atoms with van der Waals surface area (Å²) in [4.78, 5) is 10.8. The van der Waals surface area contributed by atoms with E-state index in [-0.39, 0.29) is 17.4 Å². The van der Waals surface area contributed by atoms with Crippen LogP contribution in [-0.4, -0.2) is 50.1 Å². The van der Waals surface area contributed by atoms with Crippen molar-refractivity contribution in [2.45, 2.75) is 24.6 Å². The molecule has 0 atom stereocenters. The molecule has 1 aromatic carbocycles. The van der Waals surface area contributed by atoms with Gasteiger partial charge in [-0.05, 0) is 30.5 Å². The topological polar surface area (TPSA) is 83.9 Å². The van der Waals surface area contributed by atoms with Gasteiger partial charge in [0.1, 0.15) is 0 Å². The summed E-state index contributed by atoms with van der Waals surface area (Å²) in [5.41, 5.74) is 0.729. The molecule has 1 aliphatic heterocycles. The Kier molecular flexibility index (Phi) is 4.97. The van der Waals surface area contributed by atoms with Crippen LogP contribution < -0.4 is 0 Å². The molecule has 0 aromatic heterocycles. The lowest BCUT2D eigenvalue weighted by Crippen LogP contribution is -2.41. The molecule has 0 aliphatic carbocycles. The molecule has 6 nitrogen and oxygen atoms in total. The van der Waals surface area contributed by atoms with Crippen LogP contribution in [0.2, 0.25) is 0 Å². The minimum absolute atomic E-state index is 0.0259. The zero-order chi connectivity index (χ0) is 15.5. The molecule has 0 radical (unpaired) electrons. The van der Waals surface area contributed by atoms with Crippen LogP contribution >= 0.6 is 0 Å². The van der Waals surface area contributed by atoms with Crippen molar-refractivity contribution in [3.05, 3.63) is 35.4 Å². The van der Waals surface area contributed by atoms with E-state index in [1.165, 1.54) is 16.4 Å². The van der Waals surface area contributed by atoms with Crippen LogP contribution in [0.3, 0.4) is 0 Å². The van der Waals surface area contributed by atoms with E-state index in [4.69, 9.17) is 9.84 Å². The molecule has 0 saturated carbocycles. The van der Waals surface area contributed by atoms with E-state index in [2.05, 4.69) is 0 Å². The van der Waals surface area contributed by atoms with Crippen LogP contribution in [0.4, 0.5) is 0 Å². The normalized spacial score (nSPS) is 17.0. The van der Waals surface area contributed by atoms with Crippen LogP contribution in [0.25, 0.3) is 0 Å². The number of hydrogen-bond acceptors (Lipinski definition) is 4. The fraction of sp³-hybridized carbons (Fsp3) is 0.500. The number of ether oxygens (including phenoxy) is 1. The van der Waals surface area contributed by atoms with Crippen LogP contribution in [0.5, 0.6) is 0 Å². The van der Waals surface area contributed by atoms with Gasteiger partial charge in [-0.3, -0.25) is 0 Å². The number of aromatic carboxylic acids is 1. The van der Waals surface area contributed by atoms with Crippen molar-refractivity contribution in [3.8, 4) is 0 Å². The number of sulfonamides is 1. The second-order valence-electron chi connectivity index (χ2n) is 5.12. The fourth-order valence-corrected chi connectivity index (χ4v) is 3.81. The van der Waals surface area contributed by atoms with Crippen LogP contribution in [-0.2, 0) is 20.5 Å². The summed E-state index contributed by atoms with van der Waals surface area (Å²) in [7, 11) is -1.82. The van der Waals surface area contributed by atoms with Gasteiger partial charge in [0, 0.05) is 26.3 Å². The smallest absolute Gasteiger partial charge is 0.335 e. The van der Waals surface area contributed by atoms with E-state index < -0.39 is 16.0 Å². The molecule has 0 spiro atoms. The number of carboxylic acid groups (broad SMARTS) is 1. The van der Waals surface area contributed by atoms with Gasteiger partial charge >= 0.3 is 5.97 Å². The van der Waals surface area contributed by atoms with Gasteiger partial charge < -0.3 is 9.84 Å². The highest BCUT2D eigenvalue weighted by molar-refractivity contribution is 7.88. The molecule has 0 amide bonds. The summed E-state index contributed by atoms with van der Waals surface area (Å²) in [6.45, 7) is 1.16. The largest absolute Gasteiger partial charge is 0.478 e. The minimum atomic E-state index is -3.42. The van der Waals surface area contributed by atoms with Crippen LogP contribution in [0.1, 0.15) is 28.8 Å². The van der Waals surface area contributed by atoms with Crippen molar-refractivity contribution in [1.29, 1.82) is 0 Å². The molecule has 1 saturated heterocycles. The fourth-order valence-electron chi connectivity index (χ4n) is 2.33. The summed E-state index contributed by atoms with van der Waals surface area (Å²) < 4.78 is 31.4. The maximum absolute atomic E-state index is 12.4. The summed E-state index contributed by atoms with van der Waals surface area (Å²) in [6.07, 6.45) is 1.40. The number of benzene rings is 1. The molecule has 1 aromatic rings. The molecular formula is C14H19NO5S. The van der Waals surface area contributed by atoms with E-state index in [1.54, 1.807) is 19.2 Å². The molecule has 0 bridgehead atoms. The van der Waals surface area contributed by atoms with Gasteiger partial charge in [-0.1, -0.05) is 12.1 Å². The van der Waals surface area contributed by atoms with Gasteiger partial charge in [-0.2, -0.15) is 0 Å². The second-order valence-corrected chi connectivity index (χ2v) is 7.15. The van der Waals surface area contributed by atoms with E-state index in [9.17, 15) is 13.2 Å². The Bertz CT molecular complexity index is 590. The highest BCUT2D eigenvalue weighted by Gasteiger charge is 2.28. The Morgan fingerprint density at radius 1 is 1.29 bits per heavy atom. The summed E-state index contributed by atoms with van der Waals surface area (Å²) in [5, 5.41) is 8.83. The molecule has 1 aliphatic rings. The Balaban J connectivity index is 2.07. The minimum Gasteiger partial charge on any atom is -0.478 e. The summed E-state index contributed by atoms with van der Waals surface area (Å²) >= 11 is 0. The van der Waals surface area contributed by atoms with Crippen molar-refractivity contribution in [1.82, 2.24) is 4.31 Å². The van der Waals surface area contributed by atoms with E-state index in [0.717, 1.165) is 0 Å². The third-order valence-electron chi connectivity index (χ3n) is 3.69. The molecule has 1 heterocycles. The van der Waals surface area contributed by atoms with Gasteiger partial charge in [0.25, 0.3) is 0 Å². The number of carbonyl (C=O) groups is 1. The highest BCUT2D eigenvalue weighted by Crippen LogP contribution is 2.19. The lowest BCUT2D eigenvalue weighted by molar-refractivity contribution is 0.0631. The quantitative estimate of drug-likeness (QED) is 0.886. The maximum atomic E-state index is 12.4. The van der Waals surface area contributed by atoms with Gasteiger partial charge in [0.05, 0.1) is 11.3 Å². The number of carboxylic acids is 1. The van der Waals surface area contributed by atoms with E-state index in [0.29, 0.717) is 31.6 Å². The first-order valence-electron chi connectivity index (χ1n) is 6.76. The zero-order valence-corrected chi connectivity index (χ0v) is 12.7. The standard InChI is InChI=1S/C14H19NO5S/c1-15(13-6-8-20-9-7-13)21(18,19)10-11-2-4-12(5-3-11)14(16)17/h2-5,13H,6-10H2,1H3,(H,16,17). The molecule has 7 heteroatoms. The van der Waals surface area contributed by atoms with Crippen molar-refractivity contribution in [3.63, 3.8) is 0 Å². The van der Waals surface area contributed by atoms with Gasteiger partial charge in [-0.25, -0.2) is 17.5 Å². The predicted molar refractivity (Wildman–Crippen MR) is 77.6 cm³/mol. The average molecular weight is 313 g/mol. The number of rotatable bonds is 5. The molecule has 0 unspecified atom stereocenters. The zero-order valence-electron chi connectivity index (χ0n) is 11.9. The molecule has 21 heavy (non-hydrogen) atoms. The highest BCUT2D eigenvalue weighted by atomic mass is 32.2. The molecule has 2 rings (SSSR count). The van der Waals surface area contributed by atoms with Crippen molar-refractivity contribution in [2.24, 2.45) is 0 Å². The third kappa shape index (κ3) is 4.03. The first-order chi connectivity index (χ1) is 9.90. The van der Waals surface area contributed by atoms with E-state index in [1.807, 2.05) is 0 Å². The number of hydrogen-bond donors (Lipinski definition) is 1. The number of nitrogens with zero attached hydrogens (tertiary/aromatic N) is 1. The Hall–Kier alpha value is -1.44. The van der Waals surface area contributed by atoms with Gasteiger partial charge in [0.15, 0.2) is 0 Å². The lowest BCUT2D eigenvalue weighted by atomic mass is 10.1. The van der Waals surface area contributed by atoms with Crippen LogP contribution in [0.15, 0.2) is 24.3 Å². The van der Waals surface area contributed by atoms with Crippen molar-refractivity contribution >= 4 is 16.0 Å². The Labute approximate surface area is 124 Å². The Morgan fingerprint density at radius 3 is 2.38 bits per heavy atom. The molecule has 1 fully saturated rings. The summed E-state index contributed by atoms with van der Waals surface area (Å²) in [5.74, 6) is -1.15. The molecular weight excluding hydrogens is 294 g/mol. The van der Waals surface area contributed by atoms with Gasteiger partial charge in [-0.15, -0.1) is 0 Å². The van der Waals surface area contributed by atoms with Crippen molar-refractivity contribution in [2.75, 3.05) is 20.3 Å². The first kappa shape index (κ1) is 15.9. The second kappa shape index (κ2) is 6.55.